The summed E-state index contributed by atoms with van der Waals surface area (Å²) in [7, 11) is 0. The molecule has 0 aromatic carbocycles. The van der Waals surface area contributed by atoms with E-state index in [0.717, 1.165) is 17.7 Å². The summed E-state index contributed by atoms with van der Waals surface area (Å²) in [4.78, 5) is 24.1. The van der Waals surface area contributed by atoms with Crippen molar-refractivity contribution < 1.29 is 31.5 Å². The summed E-state index contributed by atoms with van der Waals surface area (Å²) in [6.07, 6.45) is -4.58. The molecule has 2 aromatic heterocycles. The second-order valence-electron chi connectivity index (χ2n) is 6.94. The first-order valence-electron chi connectivity index (χ1n) is 9.90. The van der Waals surface area contributed by atoms with Crippen LogP contribution >= 0.6 is 11.5 Å². The van der Waals surface area contributed by atoms with Gasteiger partial charge in [-0.1, -0.05) is 0 Å². The molecule has 15 heteroatoms. The number of carbonyl (C=O) groups is 1. The Balaban J connectivity index is 1.56. The zero-order valence-electron chi connectivity index (χ0n) is 17.7. The Labute approximate surface area is 194 Å². The molecule has 34 heavy (non-hydrogen) atoms. The first-order chi connectivity index (χ1) is 16.1. The van der Waals surface area contributed by atoms with E-state index >= 15 is 0 Å². The van der Waals surface area contributed by atoms with Crippen LogP contribution < -0.4 is 20.7 Å². The normalized spacial score (nSPS) is 15.9. The van der Waals surface area contributed by atoms with Crippen molar-refractivity contribution in [3.8, 4) is 5.88 Å². The molecule has 2 aromatic rings. The lowest BCUT2D eigenvalue weighted by atomic mass is 10.2. The number of rotatable bonds is 9. The van der Waals surface area contributed by atoms with Crippen molar-refractivity contribution in [2.45, 2.75) is 25.6 Å². The molecule has 0 saturated carbocycles. The maximum atomic E-state index is 12.8. The Morgan fingerprint density at radius 1 is 1.32 bits per heavy atom. The molecule has 0 aliphatic carbocycles. The van der Waals surface area contributed by atoms with Gasteiger partial charge in [0.15, 0.2) is 6.04 Å². The minimum atomic E-state index is -4.47. The number of aliphatic imine (C=N–C) groups is 2. The number of carbonyl (C=O) groups excluding carboxylic acids is 1. The van der Waals surface area contributed by atoms with E-state index in [9.17, 15) is 26.7 Å². The van der Waals surface area contributed by atoms with E-state index in [0.29, 0.717) is 16.4 Å². The van der Waals surface area contributed by atoms with Crippen molar-refractivity contribution in [1.29, 1.82) is 0 Å². The predicted molar refractivity (Wildman–Crippen MR) is 118 cm³/mol. The predicted octanol–water partition coefficient (Wildman–Crippen LogP) is 3.16. The van der Waals surface area contributed by atoms with E-state index in [2.05, 4.69) is 35.3 Å². The van der Waals surface area contributed by atoms with Crippen molar-refractivity contribution in [3.05, 3.63) is 29.6 Å². The first kappa shape index (κ1) is 25.4. The van der Waals surface area contributed by atoms with Crippen molar-refractivity contribution in [3.63, 3.8) is 0 Å². The Hall–Kier alpha value is -3.20. The van der Waals surface area contributed by atoms with Crippen LogP contribution in [-0.4, -0.2) is 72.2 Å². The molecule has 3 heterocycles. The van der Waals surface area contributed by atoms with E-state index < -0.39 is 37.6 Å². The van der Waals surface area contributed by atoms with Gasteiger partial charge in [-0.15, -0.1) is 0 Å². The minimum Gasteiger partial charge on any atom is -0.476 e. The lowest BCUT2D eigenvalue weighted by Crippen LogP contribution is -2.34. The smallest absolute Gasteiger partial charge is 0.412 e. The summed E-state index contributed by atoms with van der Waals surface area (Å²) in [5.41, 5.74) is 0.967. The molecular weight excluding hydrogens is 485 g/mol. The Kier molecular flexibility index (Phi) is 8.44. The lowest BCUT2D eigenvalue weighted by molar-refractivity contribution is -0.144. The number of amidine groups is 1. The highest BCUT2D eigenvalue weighted by Gasteiger charge is 2.40. The number of anilines is 2. The molecule has 1 amide bonds. The van der Waals surface area contributed by atoms with Gasteiger partial charge in [0, 0.05) is 12.6 Å². The highest BCUT2D eigenvalue weighted by atomic mass is 32.1. The zero-order chi connectivity index (χ0) is 24.7. The van der Waals surface area contributed by atoms with Gasteiger partial charge in [-0.3, -0.25) is 14.8 Å². The molecule has 1 aliphatic rings. The number of nitrogens with zero attached hydrogens (tertiary/aromatic N) is 4. The topological polar surface area (TPSA) is 113 Å². The van der Waals surface area contributed by atoms with Gasteiger partial charge in [0.05, 0.1) is 42.4 Å². The fourth-order valence-electron chi connectivity index (χ4n) is 2.70. The molecule has 9 nitrogen and oxygen atoms in total. The van der Waals surface area contributed by atoms with E-state index in [1.54, 1.807) is 13.0 Å². The summed E-state index contributed by atoms with van der Waals surface area (Å²) in [6, 6.07) is 1.16. The highest BCUT2D eigenvalue weighted by Crippen LogP contribution is 2.27. The summed E-state index contributed by atoms with van der Waals surface area (Å²) in [6.45, 7) is 0.993. The van der Waals surface area contributed by atoms with Crippen molar-refractivity contribution >= 4 is 40.2 Å². The SMILES string of the molecule is Cc1nsc(NC2=NCC(C(F)(F)F)N=C2)c1C(=O)Nc1ccc(OCCNCC(F)F)nc1. The first-order valence-corrected chi connectivity index (χ1v) is 10.7. The number of nitrogens with one attached hydrogen (secondary N) is 3. The molecule has 3 N–H and O–H groups in total. The van der Waals surface area contributed by atoms with Gasteiger partial charge in [-0.2, -0.15) is 17.5 Å². The van der Waals surface area contributed by atoms with E-state index in [1.807, 2.05) is 0 Å². The van der Waals surface area contributed by atoms with Crippen LogP contribution in [0.2, 0.25) is 0 Å². The molecule has 1 atom stereocenters. The van der Waals surface area contributed by atoms with Crippen molar-refractivity contribution in [1.82, 2.24) is 14.7 Å². The largest absolute Gasteiger partial charge is 0.476 e. The quantitative estimate of drug-likeness (QED) is 0.357. The average molecular weight is 505 g/mol. The summed E-state index contributed by atoms with van der Waals surface area (Å²) >= 11 is 0.957. The third-order valence-corrected chi connectivity index (χ3v) is 5.20. The van der Waals surface area contributed by atoms with Crippen LogP contribution in [0, 0.1) is 6.92 Å². The van der Waals surface area contributed by atoms with Gasteiger partial charge in [0.1, 0.15) is 17.4 Å². The molecule has 0 saturated heterocycles. The fraction of sp³-hybridized carbons (Fsp3) is 0.421. The third-order valence-electron chi connectivity index (χ3n) is 4.34. The molecule has 1 unspecified atom stereocenters. The summed E-state index contributed by atoms with van der Waals surface area (Å²) in [5.74, 6) is -0.175. The summed E-state index contributed by atoms with van der Waals surface area (Å²) in [5, 5.41) is 8.28. The molecule has 1 aliphatic heterocycles. The lowest BCUT2D eigenvalue weighted by Gasteiger charge is -2.18. The molecule has 0 spiro atoms. The molecular formula is C19H20F5N7O2S. The average Bonchev–Trinajstić information content (AvgIpc) is 3.14. The maximum absolute atomic E-state index is 12.8. The summed E-state index contributed by atoms with van der Waals surface area (Å²) < 4.78 is 71.7. The van der Waals surface area contributed by atoms with E-state index in [1.165, 1.54) is 12.3 Å². The second kappa shape index (κ2) is 11.3. The number of halogens is 5. The van der Waals surface area contributed by atoms with Crippen molar-refractivity contribution in [2.75, 3.05) is 36.9 Å². The van der Waals surface area contributed by atoms with Gasteiger partial charge in [-0.05, 0) is 24.5 Å². The van der Waals surface area contributed by atoms with Gasteiger partial charge >= 0.3 is 6.18 Å². The third kappa shape index (κ3) is 7.15. The molecule has 3 rings (SSSR count). The number of alkyl halides is 5. The van der Waals surface area contributed by atoms with Gasteiger partial charge in [0.25, 0.3) is 12.3 Å². The second-order valence-corrected chi connectivity index (χ2v) is 7.71. The van der Waals surface area contributed by atoms with Crippen LogP contribution in [0.3, 0.4) is 0 Å². The molecule has 0 radical (unpaired) electrons. The van der Waals surface area contributed by atoms with Gasteiger partial charge in [-0.25, -0.2) is 13.8 Å². The maximum Gasteiger partial charge on any atom is 0.412 e. The van der Waals surface area contributed by atoms with E-state index in [-0.39, 0.29) is 30.4 Å². The van der Waals surface area contributed by atoms with Crippen LogP contribution in [0.25, 0.3) is 0 Å². The fourth-order valence-corrected chi connectivity index (χ4v) is 3.51. The monoisotopic (exact) mass is 505 g/mol. The van der Waals surface area contributed by atoms with Crippen LogP contribution in [0.5, 0.6) is 5.88 Å². The Morgan fingerprint density at radius 3 is 2.74 bits per heavy atom. The van der Waals surface area contributed by atoms with Gasteiger partial charge in [0.2, 0.25) is 5.88 Å². The Bertz CT molecular complexity index is 1040. The van der Waals surface area contributed by atoms with E-state index in [4.69, 9.17) is 4.74 Å². The number of pyridine rings is 1. The van der Waals surface area contributed by atoms with Gasteiger partial charge < -0.3 is 20.7 Å². The number of aromatic nitrogens is 2. The molecule has 0 bridgehead atoms. The highest BCUT2D eigenvalue weighted by molar-refractivity contribution is 7.11. The molecule has 184 valence electrons. The number of aryl methyl sites for hydroxylation is 1. The van der Waals surface area contributed by atoms with Crippen LogP contribution in [0.4, 0.5) is 32.6 Å². The van der Waals surface area contributed by atoms with Crippen LogP contribution in [0.15, 0.2) is 28.3 Å². The Morgan fingerprint density at radius 2 is 2.12 bits per heavy atom. The molecule has 0 fully saturated rings. The standard InChI is InChI=1S/C19H20F5N7O2S/c1-10-16(18(34-31-10)30-14-9-26-12(7-27-14)19(22,23)24)17(32)29-11-2-3-15(28-6-11)33-5-4-25-8-13(20)21/h2-3,6,9,12-13,25H,4-5,7-8H2,1H3,(H,27,30)(H,29,32). The van der Waals surface area contributed by atoms with Crippen LogP contribution in [0.1, 0.15) is 16.1 Å². The number of hydrogen-bond acceptors (Lipinski definition) is 9. The van der Waals surface area contributed by atoms with Crippen LogP contribution in [-0.2, 0) is 0 Å². The number of amides is 1. The number of ether oxygens (including phenoxy) is 1. The number of hydrogen-bond donors (Lipinski definition) is 3. The zero-order valence-corrected chi connectivity index (χ0v) is 18.5. The minimum absolute atomic E-state index is 0.0874. The van der Waals surface area contributed by atoms with Crippen molar-refractivity contribution in [2.24, 2.45) is 9.98 Å².